The van der Waals surface area contributed by atoms with Crippen molar-refractivity contribution >= 4 is 6.34 Å². The summed E-state index contributed by atoms with van der Waals surface area (Å²) in [6.07, 6.45) is 4.42. The lowest BCUT2D eigenvalue weighted by Crippen LogP contribution is -2.19. The van der Waals surface area contributed by atoms with E-state index in [0.29, 0.717) is 0 Å². The summed E-state index contributed by atoms with van der Waals surface area (Å²) >= 11 is 0. The molecular formula is C9H20N2. The van der Waals surface area contributed by atoms with E-state index in [2.05, 4.69) is 30.8 Å². The van der Waals surface area contributed by atoms with Gasteiger partial charge in [-0.2, -0.15) is 0 Å². The Morgan fingerprint density at radius 2 is 2.18 bits per heavy atom. The van der Waals surface area contributed by atoms with Gasteiger partial charge in [0.05, 0.1) is 6.34 Å². The van der Waals surface area contributed by atoms with Crippen LogP contribution in [-0.2, 0) is 0 Å². The molecule has 11 heavy (non-hydrogen) atoms. The Morgan fingerprint density at radius 3 is 2.64 bits per heavy atom. The van der Waals surface area contributed by atoms with E-state index in [-0.39, 0.29) is 0 Å². The summed E-state index contributed by atoms with van der Waals surface area (Å²) in [4.78, 5) is 6.07. The van der Waals surface area contributed by atoms with Gasteiger partial charge >= 0.3 is 0 Å². The van der Waals surface area contributed by atoms with Gasteiger partial charge in [-0.05, 0) is 12.3 Å². The first-order valence-corrected chi connectivity index (χ1v) is 4.33. The molecular weight excluding hydrogens is 136 g/mol. The highest BCUT2D eigenvalue weighted by atomic mass is 15.1. The molecule has 2 heteroatoms. The highest BCUT2D eigenvalue weighted by Crippen LogP contribution is 2.05. The van der Waals surface area contributed by atoms with Crippen LogP contribution in [0.1, 0.15) is 26.7 Å². The Labute approximate surface area is 70.3 Å². The van der Waals surface area contributed by atoms with Crippen molar-refractivity contribution in [1.82, 2.24) is 4.90 Å². The molecule has 0 heterocycles. The van der Waals surface area contributed by atoms with Crippen LogP contribution in [0.2, 0.25) is 0 Å². The van der Waals surface area contributed by atoms with E-state index in [1.807, 2.05) is 6.34 Å². The Hall–Kier alpha value is -0.530. The Kier molecular flexibility index (Phi) is 5.90. The number of hydrogen-bond acceptors (Lipinski definition) is 1. The summed E-state index contributed by atoms with van der Waals surface area (Å²) in [5, 5.41) is 0. The SMILES string of the molecule is CCC(C)CCN(C)/C=N\C. The molecule has 0 aromatic carbocycles. The van der Waals surface area contributed by atoms with E-state index in [1.54, 1.807) is 7.05 Å². The van der Waals surface area contributed by atoms with E-state index in [4.69, 9.17) is 0 Å². The highest BCUT2D eigenvalue weighted by molar-refractivity contribution is 5.53. The van der Waals surface area contributed by atoms with Gasteiger partial charge < -0.3 is 4.90 Å². The molecule has 0 aromatic rings. The summed E-state index contributed by atoms with van der Waals surface area (Å²) in [6, 6.07) is 0. The molecule has 1 unspecified atom stereocenters. The second-order valence-electron chi connectivity index (χ2n) is 3.16. The molecule has 0 radical (unpaired) electrons. The summed E-state index contributed by atoms with van der Waals surface area (Å²) in [5.74, 6) is 0.836. The molecule has 0 aliphatic rings. The number of aliphatic imine (C=N–C) groups is 1. The molecule has 0 spiro atoms. The Morgan fingerprint density at radius 1 is 1.55 bits per heavy atom. The minimum Gasteiger partial charge on any atom is -0.366 e. The molecule has 0 aliphatic heterocycles. The van der Waals surface area contributed by atoms with Crippen molar-refractivity contribution in [2.75, 3.05) is 20.6 Å². The fourth-order valence-corrected chi connectivity index (χ4v) is 0.883. The van der Waals surface area contributed by atoms with Crippen LogP contribution < -0.4 is 0 Å². The van der Waals surface area contributed by atoms with Crippen molar-refractivity contribution in [3.05, 3.63) is 0 Å². The number of nitrogens with zero attached hydrogens (tertiary/aromatic N) is 2. The normalized spacial score (nSPS) is 13.8. The summed E-state index contributed by atoms with van der Waals surface area (Å²) < 4.78 is 0. The van der Waals surface area contributed by atoms with Gasteiger partial charge in [0.1, 0.15) is 0 Å². The maximum Gasteiger partial charge on any atom is 0.0843 e. The van der Waals surface area contributed by atoms with E-state index < -0.39 is 0 Å². The van der Waals surface area contributed by atoms with E-state index >= 15 is 0 Å². The molecule has 66 valence electrons. The average Bonchev–Trinajstić information content (AvgIpc) is 2.01. The lowest BCUT2D eigenvalue weighted by atomic mass is 10.1. The highest BCUT2D eigenvalue weighted by Gasteiger charge is 1.98. The second kappa shape index (κ2) is 6.20. The van der Waals surface area contributed by atoms with Crippen LogP contribution in [0.3, 0.4) is 0 Å². The Balaban J connectivity index is 3.37. The zero-order chi connectivity index (χ0) is 8.69. The monoisotopic (exact) mass is 156 g/mol. The van der Waals surface area contributed by atoms with Gasteiger partial charge in [0.15, 0.2) is 0 Å². The van der Waals surface area contributed by atoms with Crippen LogP contribution in [0.25, 0.3) is 0 Å². The zero-order valence-electron chi connectivity index (χ0n) is 8.17. The molecule has 0 saturated carbocycles. The number of hydrogen-bond donors (Lipinski definition) is 0. The molecule has 0 fully saturated rings. The molecule has 0 aromatic heterocycles. The molecule has 1 atom stereocenters. The van der Waals surface area contributed by atoms with Crippen LogP contribution in [0.5, 0.6) is 0 Å². The smallest absolute Gasteiger partial charge is 0.0843 e. The van der Waals surface area contributed by atoms with Crippen molar-refractivity contribution in [3.63, 3.8) is 0 Å². The minimum absolute atomic E-state index is 0.836. The standard InChI is InChI=1S/C9H20N2/c1-5-9(2)6-7-11(4)8-10-3/h8-9H,5-7H2,1-4H3/b10-8-. The first-order valence-electron chi connectivity index (χ1n) is 4.33. The van der Waals surface area contributed by atoms with Gasteiger partial charge in [-0.15, -0.1) is 0 Å². The molecule has 0 bridgehead atoms. The molecule has 0 amide bonds. The fraction of sp³-hybridized carbons (Fsp3) is 0.889. The summed E-state index contributed by atoms with van der Waals surface area (Å²) in [6.45, 7) is 5.64. The lowest BCUT2D eigenvalue weighted by molar-refractivity contribution is 0.420. The molecule has 0 rings (SSSR count). The lowest BCUT2D eigenvalue weighted by Gasteiger charge is -2.15. The third-order valence-electron chi connectivity index (χ3n) is 1.98. The quantitative estimate of drug-likeness (QED) is 0.439. The van der Waals surface area contributed by atoms with E-state index in [1.165, 1.54) is 12.8 Å². The second-order valence-corrected chi connectivity index (χ2v) is 3.16. The van der Waals surface area contributed by atoms with Gasteiger partial charge in [0.2, 0.25) is 0 Å². The molecule has 0 saturated heterocycles. The summed E-state index contributed by atoms with van der Waals surface area (Å²) in [7, 11) is 3.87. The van der Waals surface area contributed by atoms with Crippen LogP contribution in [0.4, 0.5) is 0 Å². The van der Waals surface area contributed by atoms with Crippen molar-refractivity contribution in [2.24, 2.45) is 10.9 Å². The molecule has 0 N–H and O–H groups in total. The third-order valence-corrected chi connectivity index (χ3v) is 1.98. The zero-order valence-corrected chi connectivity index (χ0v) is 8.17. The first kappa shape index (κ1) is 10.5. The Bertz CT molecular complexity index is 110. The largest absolute Gasteiger partial charge is 0.366 e. The van der Waals surface area contributed by atoms with Gasteiger partial charge in [-0.3, -0.25) is 4.99 Å². The van der Waals surface area contributed by atoms with Crippen molar-refractivity contribution in [3.8, 4) is 0 Å². The van der Waals surface area contributed by atoms with Crippen molar-refractivity contribution in [1.29, 1.82) is 0 Å². The van der Waals surface area contributed by atoms with Crippen LogP contribution >= 0.6 is 0 Å². The van der Waals surface area contributed by atoms with Gasteiger partial charge in [0.25, 0.3) is 0 Å². The molecule has 0 aliphatic carbocycles. The molecule has 2 nitrogen and oxygen atoms in total. The minimum atomic E-state index is 0.836. The van der Waals surface area contributed by atoms with Crippen molar-refractivity contribution < 1.29 is 0 Å². The number of rotatable bonds is 5. The maximum atomic E-state index is 3.94. The van der Waals surface area contributed by atoms with Gasteiger partial charge in [0, 0.05) is 20.6 Å². The van der Waals surface area contributed by atoms with E-state index in [9.17, 15) is 0 Å². The average molecular weight is 156 g/mol. The topological polar surface area (TPSA) is 15.6 Å². The van der Waals surface area contributed by atoms with Crippen LogP contribution in [0, 0.1) is 5.92 Å². The van der Waals surface area contributed by atoms with Crippen molar-refractivity contribution in [2.45, 2.75) is 26.7 Å². The maximum absolute atomic E-state index is 3.94. The van der Waals surface area contributed by atoms with E-state index in [0.717, 1.165) is 12.5 Å². The van der Waals surface area contributed by atoms with Crippen LogP contribution in [0.15, 0.2) is 4.99 Å². The van der Waals surface area contributed by atoms with Gasteiger partial charge in [-0.1, -0.05) is 20.3 Å². The summed E-state index contributed by atoms with van der Waals surface area (Å²) in [5.41, 5.74) is 0. The van der Waals surface area contributed by atoms with Crippen LogP contribution in [-0.4, -0.2) is 31.9 Å². The third kappa shape index (κ3) is 5.89. The fourth-order valence-electron chi connectivity index (χ4n) is 0.883. The van der Waals surface area contributed by atoms with Gasteiger partial charge in [-0.25, -0.2) is 0 Å². The predicted octanol–water partition coefficient (Wildman–Crippen LogP) is 2.01. The first-order chi connectivity index (χ1) is 5.20. The predicted molar refractivity (Wildman–Crippen MR) is 51.1 cm³/mol.